The lowest BCUT2D eigenvalue weighted by Crippen LogP contribution is -2.08. The molecule has 9 heteroatoms. The van der Waals surface area contributed by atoms with Crippen LogP contribution in [0.4, 0.5) is 18.9 Å². The van der Waals surface area contributed by atoms with Crippen LogP contribution in [0.15, 0.2) is 36.5 Å². The zero-order valence-corrected chi connectivity index (χ0v) is 10.9. The van der Waals surface area contributed by atoms with Gasteiger partial charge < -0.3 is 4.74 Å². The van der Waals surface area contributed by atoms with E-state index in [9.17, 15) is 23.3 Å². The van der Waals surface area contributed by atoms with Gasteiger partial charge in [-0.25, -0.2) is 4.98 Å². The molecule has 0 radical (unpaired) electrons. The van der Waals surface area contributed by atoms with Gasteiger partial charge in [-0.05, 0) is 12.1 Å². The van der Waals surface area contributed by atoms with Gasteiger partial charge in [-0.1, -0.05) is 11.6 Å². The molecule has 0 saturated heterocycles. The molecule has 2 rings (SSSR count). The number of hydrogen-bond donors (Lipinski definition) is 0. The second-order valence-corrected chi connectivity index (χ2v) is 4.29. The van der Waals surface area contributed by atoms with E-state index in [1.807, 2.05) is 0 Å². The molecule has 110 valence electrons. The molecule has 1 aromatic carbocycles. The fourth-order valence-electron chi connectivity index (χ4n) is 1.48. The van der Waals surface area contributed by atoms with Gasteiger partial charge in [0, 0.05) is 24.4 Å². The highest BCUT2D eigenvalue weighted by Crippen LogP contribution is 2.39. The number of pyridine rings is 1. The predicted octanol–water partition coefficient (Wildman–Crippen LogP) is 4.45. The van der Waals surface area contributed by atoms with Crippen molar-refractivity contribution in [3.63, 3.8) is 0 Å². The summed E-state index contributed by atoms with van der Waals surface area (Å²) in [6.45, 7) is 0. The zero-order valence-electron chi connectivity index (χ0n) is 10.1. The molecule has 0 amide bonds. The number of alkyl halides is 3. The minimum absolute atomic E-state index is 0.112. The summed E-state index contributed by atoms with van der Waals surface area (Å²) in [7, 11) is 0. The summed E-state index contributed by atoms with van der Waals surface area (Å²) in [6, 6.07) is 4.87. The van der Waals surface area contributed by atoms with E-state index in [0.717, 1.165) is 12.1 Å². The highest BCUT2D eigenvalue weighted by molar-refractivity contribution is 6.30. The van der Waals surface area contributed by atoms with Crippen LogP contribution in [0.2, 0.25) is 5.02 Å². The van der Waals surface area contributed by atoms with Crippen LogP contribution in [0.25, 0.3) is 0 Å². The number of benzene rings is 1. The monoisotopic (exact) mass is 318 g/mol. The van der Waals surface area contributed by atoms with Gasteiger partial charge in [0.15, 0.2) is 0 Å². The Bertz CT molecular complexity index is 674. The number of halogens is 4. The van der Waals surface area contributed by atoms with Crippen molar-refractivity contribution in [2.45, 2.75) is 6.18 Å². The van der Waals surface area contributed by atoms with Gasteiger partial charge in [-0.2, -0.15) is 13.2 Å². The van der Waals surface area contributed by atoms with Crippen LogP contribution in [0, 0.1) is 10.1 Å². The Morgan fingerprint density at radius 1 is 1.24 bits per heavy atom. The fraction of sp³-hybridized carbons (Fsp3) is 0.0833. The predicted molar refractivity (Wildman–Crippen MR) is 67.4 cm³/mol. The molecule has 0 unspecified atom stereocenters. The van der Waals surface area contributed by atoms with E-state index in [1.54, 1.807) is 0 Å². The number of aromatic nitrogens is 1. The molecule has 0 saturated carbocycles. The quantitative estimate of drug-likeness (QED) is 0.619. The van der Waals surface area contributed by atoms with Crippen molar-refractivity contribution >= 4 is 17.3 Å². The van der Waals surface area contributed by atoms with Crippen molar-refractivity contribution in [3.05, 3.63) is 57.2 Å². The molecule has 0 bridgehead atoms. The van der Waals surface area contributed by atoms with Crippen molar-refractivity contribution in [2.75, 3.05) is 0 Å². The van der Waals surface area contributed by atoms with Gasteiger partial charge >= 0.3 is 6.18 Å². The highest BCUT2D eigenvalue weighted by atomic mass is 35.5. The number of hydrogen-bond acceptors (Lipinski definition) is 4. The number of non-ortho nitro benzene ring substituents is 1. The smallest absolute Gasteiger partial charge is 0.420 e. The molecule has 2 aromatic rings. The summed E-state index contributed by atoms with van der Waals surface area (Å²) in [5, 5.41) is 10.9. The first kappa shape index (κ1) is 15.0. The molecule has 0 aliphatic rings. The Kier molecular flexibility index (Phi) is 3.99. The molecular weight excluding hydrogens is 313 g/mol. The van der Waals surface area contributed by atoms with Crippen molar-refractivity contribution in [1.82, 2.24) is 4.98 Å². The normalized spacial score (nSPS) is 11.2. The molecule has 1 heterocycles. The highest BCUT2D eigenvalue weighted by Gasteiger charge is 2.36. The lowest BCUT2D eigenvalue weighted by molar-refractivity contribution is -0.385. The number of nitrogens with zero attached hydrogens (tertiary/aromatic N) is 2. The molecular formula is C12H6ClF3N2O3. The second-order valence-electron chi connectivity index (χ2n) is 3.85. The third kappa shape index (κ3) is 3.60. The van der Waals surface area contributed by atoms with Crippen LogP contribution in [0.3, 0.4) is 0 Å². The van der Waals surface area contributed by atoms with Gasteiger partial charge in [0.1, 0.15) is 11.3 Å². The summed E-state index contributed by atoms with van der Waals surface area (Å²) in [5.41, 5.74) is -1.94. The van der Waals surface area contributed by atoms with Gasteiger partial charge in [0.25, 0.3) is 5.69 Å². The standard InChI is InChI=1S/C12H6ClF3N2O3/c13-7-1-4-11(17-6-7)21-10-3-2-8(18(19)20)5-9(10)12(14,15)16/h1-6H. The Morgan fingerprint density at radius 3 is 2.48 bits per heavy atom. The first-order chi connectivity index (χ1) is 9.77. The summed E-state index contributed by atoms with van der Waals surface area (Å²) in [4.78, 5) is 13.3. The number of nitro groups is 1. The maximum absolute atomic E-state index is 12.9. The number of rotatable bonds is 3. The topological polar surface area (TPSA) is 65.3 Å². The Labute approximate surface area is 121 Å². The molecule has 0 atom stereocenters. The van der Waals surface area contributed by atoms with Gasteiger partial charge in [0.2, 0.25) is 5.88 Å². The average molecular weight is 319 g/mol. The van der Waals surface area contributed by atoms with Crippen LogP contribution >= 0.6 is 11.6 Å². The SMILES string of the molecule is O=[N+]([O-])c1ccc(Oc2ccc(Cl)cn2)c(C(F)(F)F)c1. The van der Waals surface area contributed by atoms with E-state index in [0.29, 0.717) is 11.1 Å². The molecule has 1 aromatic heterocycles. The van der Waals surface area contributed by atoms with Gasteiger partial charge in [-0.15, -0.1) is 0 Å². The Hall–Kier alpha value is -2.35. The molecule has 0 aliphatic heterocycles. The maximum atomic E-state index is 12.9. The van der Waals surface area contributed by atoms with Gasteiger partial charge in [-0.3, -0.25) is 10.1 Å². The van der Waals surface area contributed by atoms with E-state index < -0.39 is 28.1 Å². The summed E-state index contributed by atoms with van der Waals surface area (Å²) in [6.07, 6.45) is -3.59. The molecule has 5 nitrogen and oxygen atoms in total. The van der Waals surface area contributed by atoms with Crippen molar-refractivity contribution in [1.29, 1.82) is 0 Å². The molecule has 0 N–H and O–H groups in total. The van der Waals surface area contributed by atoms with E-state index in [-0.39, 0.29) is 5.88 Å². The second kappa shape index (κ2) is 5.57. The van der Waals surface area contributed by atoms with E-state index in [4.69, 9.17) is 16.3 Å². The van der Waals surface area contributed by atoms with Crippen LogP contribution < -0.4 is 4.74 Å². The average Bonchev–Trinajstić information content (AvgIpc) is 2.40. The van der Waals surface area contributed by atoms with Crippen LogP contribution in [0.5, 0.6) is 11.6 Å². The summed E-state index contributed by atoms with van der Waals surface area (Å²) < 4.78 is 43.8. The Balaban J connectivity index is 2.43. The molecule has 0 spiro atoms. The van der Waals surface area contributed by atoms with E-state index >= 15 is 0 Å². The lowest BCUT2D eigenvalue weighted by Gasteiger charge is -2.12. The van der Waals surface area contributed by atoms with Crippen molar-refractivity contribution in [2.24, 2.45) is 0 Å². The van der Waals surface area contributed by atoms with E-state index in [2.05, 4.69) is 4.98 Å². The largest absolute Gasteiger partial charge is 0.438 e. The lowest BCUT2D eigenvalue weighted by atomic mass is 10.1. The third-order valence-electron chi connectivity index (χ3n) is 2.39. The molecule has 21 heavy (non-hydrogen) atoms. The number of ether oxygens (including phenoxy) is 1. The molecule has 0 aliphatic carbocycles. The van der Waals surface area contributed by atoms with Crippen LogP contribution in [-0.4, -0.2) is 9.91 Å². The van der Waals surface area contributed by atoms with Crippen LogP contribution in [-0.2, 0) is 6.18 Å². The van der Waals surface area contributed by atoms with Gasteiger partial charge in [0.05, 0.1) is 9.95 Å². The fourth-order valence-corrected chi connectivity index (χ4v) is 1.59. The third-order valence-corrected chi connectivity index (χ3v) is 2.62. The zero-order chi connectivity index (χ0) is 15.6. The first-order valence-electron chi connectivity index (χ1n) is 5.42. The van der Waals surface area contributed by atoms with Crippen molar-refractivity contribution < 1.29 is 22.8 Å². The number of nitro benzene ring substituents is 1. The van der Waals surface area contributed by atoms with Crippen molar-refractivity contribution in [3.8, 4) is 11.6 Å². The minimum Gasteiger partial charge on any atom is -0.438 e. The molecule has 0 fully saturated rings. The summed E-state index contributed by atoms with van der Waals surface area (Å²) >= 11 is 5.60. The Morgan fingerprint density at radius 2 is 1.95 bits per heavy atom. The first-order valence-corrected chi connectivity index (χ1v) is 5.80. The minimum atomic E-state index is -4.80. The van der Waals surface area contributed by atoms with E-state index in [1.165, 1.54) is 18.3 Å². The van der Waals surface area contributed by atoms with Crippen LogP contribution in [0.1, 0.15) is 5.56 Å². The summed E-state index contributed by atoms with van der Waals surface area (Å²) in [5.74, 6) is -0.693. The maximum Gasteiger partial charge on any atom is 0.420 e.